The largest absolute Gasteiger partial charge is 0.437 e. The van der Waals surface area contributed by atoms with Crippen LogP contribution < -0.4 is 5.76 Å². The van der Waals surface area contributed by atoms with Gasteiger partial charge in [0.15, 0.2) is 5.82 Å². The van der Waals surface area contributed by atoms with Crippen molar-refractivity contribution >= 4 is 17.9 Å². The van der Waals surface area contributed by atoms with Gasteiger partial charge in [0, 0.05) is 13.0 Å². The van der Waals surface area contributed by atoms with Crippen LogP contribution in [0.1, 0.15) is 40.6 Å². The van der Waals surface area contributed by atoms with Crippen molar-refractivity contribution in [3.8, 4) is 0 Å². The van der Waals surface area contributed by atoms with Crippen molar-refractivity contribution in [2.24, 2.45) is 12.0 Å². The number of aliphatic imine (C=N–C) groups is 1. The molecule has 0 radical (unpaired) electrons. The third-order valence-electron chi connectivity index (χ3n) is 5.71. The lowest BCUT2D eigenvalue weighted by molar-refractivity contribution is 0.404. The second-order valence-electron chi connectivity index (χ2n) is 7.73. The Bertz CT molecular complexity index is 1200. The Morgan fingerprint density at radius 3 is 3.07 bits per heavy atom. The molecule has 0 N–H and O–H groups in total. The molecule has 2 aromatic heterocycles. The summed E-state index contributed by atoms with van der Waals surface area (Å²) in [6, 6.07) is 6.55. The molecule has 8 nitrogen and oxygen atoms in total. The highest BCUT2D eigenvalue weighted by molar-refractivity contribution is 5.83. The molecule has 0 fully saturated rings. The number of fused-ring (bicyclic) bond motifs is 2. The van der Waals surface area contributed by atoms with Crippen LogP contribution in [0.15, 0.2) is 45.3 Å². The maximum Gasteiger partial charge on any atom is 0.437 e. The van der Waals surface area contributed by atoms with Gasteiger partial charge in [0.2, 0.25) is 5.89 Å². The van der Waals surface area contributed by atoms with Crippen molar-refractivity contribution in [1.29, 1.82) is 0 Å². The monoisotopic (exact) mass is 390 g/mol. The van der Waals surface area contributed by atoms with Crippen molar-refractivity contribution < 1.29 is 4.42 Å². The standard InChI is InChI=1S/C21H22N6O2/c1-13-4-5-15-6-7-16(17(15)8-13)9-27-21(28)29-18(24-27)10-26-12-23-20-19(14(26)2)25(3)11-22-20/h4-5,8,11-12,16H,2,6-7,9-10H2,1,3H3/t16-/m0/s1. The second kappa shape index (κ2) is 6.58. The summed E-state index contributed by atoms with van der Waals surface area (Å²) < 4.78 is 8.73. The van der Waals surface area contributed by atoms with Gasteiger partial charge in [-0.3, -0.25) is 0 Å². The van der Waals surface area contributed by atoms with Crippen LogP contribution in [0.4, 0.5) is 5.82 Å². The van der Waals surface area contributed by atoms with Crippen LogP contribution in [0.25, 0.3) is 5.70 Å². The van der Waals surface area contributed by atoms with Crippen molar-refractivity contribution in [3.05, 3.63) is 69.9 Å². The van der Waals surface area contributed by atoms with Crippen molar-refractivity contribution in [3.63, 3.8) is 0 Å². The maximum absolute atomic E-state index is 12.4. The van der Waals surface area contributed by atoms with Crippen LogP contribution in [0, 0.1) is 6.92 Å². The molecule has 29 heavy (non-hydrogen) atoms. The summed E-state index contributed by atoms with van der Waals surface area (Å²) in [6.07, 6.45) is 5.41. The first kappa shape index (κ1) is 17.7. The molecule has 0 saturated heterocycles. The smallest absolute Gasteiger partial charge is 0.390 e. The Morgan fingerprint density at radius 1 is 1.34 bits per heavy atom. The number of hydrogen-bond donors (Lipinski definition) is 0. The highest BCUT2D eigenvalue weighted by Gasteiger charge is 2.26. The van der Waals surface area contributed by atoms with Gasteiger partial charge in [0.25, 0.3) is 0 Å². The molecule has 0 bridgehead atoms. The minimum absolute atomic E-state index is 0.282. The van der Waals surface area contributed by atoms with Gasteiger partial charge in [0.05, 0.1) is 24.9 Å². The van der Waals surface area contributed by atoms with Crippen LogP contribution in [-0.2, 0) is 26.6 Å². The maximum atomic E-state index is 12.4. The average Bonchev–Trinajstić information content (AvgIpc) is 3.36. The van der Waals surface area contributed by atoms with Crippen molar-refractivity contribution in [1.82, 2.24) is 24.2 Å². The summed E-state index contributed by atoms with van der Waals surface area (Å²) >= 11 is 0. The second-order valence-corrected chi connectivity index (χ2v) is 7.73. The molecule has 3 heterocycles. The number of benzene rings is 1. The Kier molecular flexibility index (Phi) is 4.01. The lowest BCUT2D eigenvalue weighted by atomic mass is 9.99. The quantitative estimate of drug-likeness (QED) is 0.684. The normalized spacial score (nSPS) is 17.7. The number of rotatable bonds is 4. The van der Waals surface area contributed by atoms with E-state index in [1.165, 1.54) is 21.4 Å². The fraction of sp³-hybridized carbons (Fsp3) is 0.333. The van der Waals surface area contributed by atoms with Crippen molar-refractivity contribution in [2.45, 2.75) is 38.8 Å². The number of aryl methyl sites for hydroxylation is 3. The third-order valence-corrected chi connectivity index (χ3v) is 5.71. The van der Waals surface area contributed by atoms with Crippen LogP contribution >= 0.6 is 0 Å². The highest BCUT2D eigenvalue weighted by Crippen LogP contribution is 2.34. The SMILES string of the molecule is C=C1c2c(ncn2C)N=CN1Cc1nn(C[C@@H]2CCc3ccc(C)cc32)c(=O)o1. The van der Waals surface area contributed by atoms with Crippen molar-refractivity contribution in [2.75, 3.05) is 0 Å². The molecular formula is C21H22N6O2. The number of imidazole rings is 1. The number of aromatic nitrogens is 4. The number of hydrogen-bond acceptors (Lipinski definition) is 6. The molecule has 0 unspecified atom stereocenters. The highest BCUT2D eigenvalue weighted by atomic mass is 16.4. The molecule has 3 aromatic rings. The Balaban J connectivity index is 1.35. The van der Waals surface area contributed by atoms with Crippen LogP contribution in [0.5, 0.6) is 0 Å². The predicted octanol–water partition coefficient (Wildman–Crippen LogP) is 2.75. The van der Waals surface area contributed by atoms with E-state index in [4.69, 9.17) is 4.42 Å². The van der Waals surface area contributed by atoms with Crippen LogP contribution in [0.2, 0.25) is 0 Å². The van der Waals surface area contributed by atoms with Crippen LogP contribution in [-0.4, -0.2) is 30.6 Å². The Labute approximate surface area is 167 Å². The lowest BCUT2D eigenvalue weighted by Gasteiger charge is -2.23. The third kappa shape index (κ3) is 3.00. The molecule has 2 aliphatic rings. The molecule has 148 valence electrons. The number of nitrogens with zero attached hydrogens (tertiary/aromatic N) is 6. The summed E-state index contributed by atoms with van der Waals surface area (Å²) in [7, 11) is 1.89. The summed E-state index contributed by atoms with van der Waals surface area (Å²) in [5, 5.41) is 4.43. The first-order chi connectivity index (χ1) is 14.0. The van der Waals surface area contributed by atoms with Gasteiger partial charge in [-0.25, -0.2) is 14.8 Å². The summed E-state index contributed by atoms with van der Waals surface area (Å²) in [4.78, 5) is 22.8. The molecule has 8 heteroatoms. The molecular weight excluding hydrogens is 368 g/mol. The van der Waals surface area contributed by atoms with Gasteiger partial charge in [-0.15, -0.1) is 5.10 Å². The van der Waals surface area contributed by atoms with Gasteiger partial charge >= 0.3 is 5.76 Å². The fourth-order valence-corrected chi connectivity index (χ4v) is 4.19. The zero-order chi connectivity index (χ0) is 20.1. The van der Waals surface area contributed by atoms with E-state index in [1.54, 1.807) is 12.7 Å². The summed E-state index contributed by atoms with van der Waals surface area (Å²) in [5.74, 6) is 0.831. The molecule has 1 aliphatic carbocycles. The summed E-state index contributed by atoms with van der Waals surface area (Å²) in [6.45, 7) is 7.04. The minimum atomic E-state index is -0.429. The average molecular weight is 390 g/mol. The van der Waals surface area contributed by atoms with E-state index in [0.29, 0.717) is 18.3 Å². The first-order valence-electron chi connectivity index (χ1n) is 9.67. The van der Waals surface area contributed by atoms with Gasteiger partial charge in [0.1, 0.15) is 12.2 Å². The minimum Gasteiger partial charge on any atom is -0.390 e. The van der Waals surface area contributed by atoms with Gasteiger partial charge in [-0.1, -0.05) is 30.3 Å². The summed E-state index contributed by atoms with van der Waals surface area (Å²) in [5.41, 5.74) is 5.51. The van der Waals surface area contributed by atoms with E-state index >= 15 is 0 Å². The predicted molar refractivity (Wildman–Crippen MR) is 109 cm³/mol. The van der Waals surface area contributed by atoms with E-state index in [2.05, 4.69) is 46.8 Å². The van der Waals surface area contributed by atoms with Gasteiger partial charge < -0.3 is 13.9 Å². The molecule has 0 saturated carbocycles. The van der Waals surface area contributed by atoms with Crippen LogP contribution in [0.3, 0.4) is 0 Å². The molecule has 1 atom stereocenters. The van der Waals surface area contributed by atoms with E-state index < -0.39 is 5.76 Å². The van der Waals surface area contributed by atoms with Gasteiger partial charge in [-0.2, -0.15) is 4.68 Å². The van der Waals surface area contributed by atoms with E-state index in [-0.39, 0.29) is 12.5 Å². The first-order valence-corrected chi connectivity index (χ1v) is 9.67. The van der Waals surface area contributed by atoms with E-state index in [9.17, 15) is 4.79 Å². The molecule has 1 aliphatic heterocycles. The molecule has 1 aromatic carbocycles. The lowest BCUT2D eigenvalue weighted by Crippen LogP contribution is -2.23. The topological polar surface area (TPSA) is 81.5 Å². The molecule has 0 spiro atoms. The fourth-order valence-electron chi connectivity index (χ4n) is 4.19. The van der Waals surface area contributed by atoms with E-state index in [1.807, 2.05) is 16.5 Å². The zero-order valence-electron chi connectivity index (χ0n) is 16.5. The molecule has 0 amide bonds. The zero-order valence-corrected chi connectivity index (χ0v) is 16.5. The Hall–Kier alpha value is -3.42. The van der Waals surface area contributed by atoms with Gasteiger partial charge in [-0.05, 0) is 30.9 Å². The molecule has 5 rings (SSSR count). The van der Waals surface area contributed by atoms with E-state index in [0.717, 1.165) is 24.2 Å². The Morgan fingerprint density at radius 2 is 2.21 bits per heavy atom.